The second kappa shape index (κ2) is 8.79. The van der Waals surface area contributed by atoms with Gasteiger partial charge in [0.15, 0.2) is 0 Å². The van der Waals surface area contributed by atoms with E-state index in [0.29, 0.717) is 19.4 Å². The van der Waals surface area contributed by atoms with Crippen molar-refractivity contribution in [1.82, 2.24) is 10.6 Å². The molecule has 1 fully saturated rings. The molecule has 0 aliphatic heterocycles. The van der Waals surface area contributed by atoms with Gasteiger partial charge in [0.05, 0.1) is 0 Å². The maximum atomic E-state index is 12.2. The molecular formula is C24H26N2O5. The van der Waals surface area contributed by atoms with Crippen LogP contribution in [0.1, 0.15) is 36.8 Å². The van der Waals surface area contributed by atoms with Crippen LogP contribution in [-0.4, -0.2) is 42.3 Å². The van der Waals surface area contributed by atoms with Crippen LogP contribution in [0.2, 0.25) is 0 Å². The number of carboxylic acid groups (broad SMARTS) is 1. The van der Waals surface area contributed by atoms with Crippen molar-refractivity contribution < 1.29 is 24.2 Å². The maximum Gasteiger partial charge on any atom is 0.407 e. The molecule has 2 aliphatic rings. The number of carboxylic acids is 1. The standard InChI is InChI=1S/C24H26N2O5/c1-2-21(23(28)29)26-22(27)19-11-14(19)12-25-24(30)31-13-20-17-9-5-3-7-15(17)16-8-4-6-10-18(16)20/h3-10,14,19-21H,2,11-13H2,1H3,(H,25,30)(H,26,27)(H,28,29)/t14?,19?,21-/m0/s1. The highest BCUT2D eigenvalue weighted by Gasteiger charge is 2.43. The van der Waals surface area contributed by atoms with Gasteiger partial charge in [-0.3, -0.25) is 4.79 Å². The molecule has 31 heavy (non-hydrogen) atoms. The number of aliphatic carboxylic acids is 1. The molecule has 0 bridgehead atoms. The molecule has 2 amide bonds. The van der Waals surface area contributed by atoms with Gasteiger partial charge in [-0.1, -0.05) is 55.5 Å². The molecule has 0 radical (unpaired) electrons. The molecule has 2 aromatic carbocycles. The highest BCUT2D eigenvalue weighted by Crippen LogP contribution is 2.44. The van der Waals surface area contributed by atoms with Crippen LogP contribution in [0.15, 0.2) is 48.5 Å². The number of ether oxygens (including phenoxy) is 1. The van der Waals surface area contributed by atoms with Gasteiger partial charge in [0.2, 0.25) is 5.91 Å². The number of carbonyl (C=O) groups excluding carboxylic acids is 2. The van der Waals surface area contributed by atoms with E-state index in [1.165, 1.54) is 11.1 Å². The lowest BCUT2D eigenvalue weighted by Crippen LogP contribution is -2.41. The fourth-order valence-corrected chi connectivity index (χ4v) is 4.28. The van der Waals surface area contributed by atoms with Crippen molar-refractivity contribution in [3.05, 3.63) is 59.7 Å². The minimum Gasteiger partial charge on any atom is -0.480 e. The summed E-state index contributed by atoms with van der Waals surface area (Å²) in [6.07, 6.45) is 0.451. The molecule has 0 spiro atoms. The van der Waals surface area contributed by atoms with Crippen LogP contribution in [0.3, 0.4) is 0 Å². The van der Waals surface area contributed by atoms with Crippen molar-refractivity contribution in [1.29, 1.82) is 0 Å². The molecule has 4 rings (SSSR count). The van der Waals surface area contributed by atoms with Crippen LogP contribution in [0.4, 0.5) is 4.79 Å². The van der Waals surface area contributed by atoms with E-state index in [9.17, 15) is 14.4 Å². The van der Waals surface area contributed by atoms with Crippen molar-refractivity contribution in [2.45, 2.75) is 31.7 Å². The Morgan fingerprint density at radius 2 is 1.68 bits per heavy atom. The molecule has 0 saturated heterocycles. The minimum absolute atomic E-state index is 0.000373. The maximum absolute atomic E-state index is 12.2. The Kier molecular flexibility index (Phi) is 5.93. The fraction of sp³-hybridized carbons (Fsp3) is 0.375. The number of hydrogen-bond donors (Lipinski definition) is 3. The van der Waals surface area contributed by atoms with Gasteiger partial charge in [-0.15, -0.1) is 0 Å². The van der Waals surface area contributed by atoms with Crippen LogP contribution in [-0.2, 0) is 14.3 Å². The first-order chi connectivity index (χ1) is 15.0. The molecule has 7 heteroatoms. The number of fused-ring (bicyclic) bond motifs is 3. The Labute approximate surface area is 180 Å². The molecular weight excluding hydrogens is 396 g/mol. The van der Waals surface area contributed by atoms with Gasteiger partial charge in [0.25, 0.3) is 0 Å². The molecule has 1 saturated carbocycles. The Bertz CT molecular complexity index is 959. The summed E-state index contributed by atoms with van der Waals surface area (Å²) in [5.74, 6) is -1.56. The number of benzene rings is 2. The summed E-state index contributed by atoms with van der Waals surface area (Å²) in [7, 11) is 0. The van der Waals surface area contributed by atoms with E-state index in [1.54, 1.807) is 6.92 Å². The predicted octanol–water partition coefficient (Wildman–Crippen LogP) is 3.14. The van der Waals surface area contributed by atoms with E-state index in [1.807, 2.05) is 24.3 Å². The van der Waals surface area contributed by atoms with Crippen molar-refractivity contribution in [3.8, 4) is 11.1 Å². The van der Waals surface area contributed by atoms with E-state index in [0.717, 1.165) is 11.1 Å². The molecule has 7 nitrogen and oxygen atoms in total. The highest BCUT2D eigenvalue weighted by molar-refractivity contribution is 5.86. The van der Waals surface area contributed by atoms with E-state index in [4.69, 9.17) is 9.84 Å². The summed E-state index contributed by atoms with van der Waals surface area (Å²) in [4.78, 5) is 35.4. The zero-order chi connectivity index (χ0) is 22.0. The molecule has 3 N–H and O–H groups in total. The number of hydrogen-bond acceptors (Lipinski definition) is 4. The second-order valence-corrected chi connectivity index (χ2v) is 8.12. The summed E-state index contributed by atoms with van der Waals surface area (Å²) in [6.45, 7) is 2.28. The van der Waals surface area contributed by atoms with E-state index < -0.39 is 18.1 Å². The van der Waals surface area contributed by atoms with Crippen molar-refractivity contribution in [3.63, 3.8) is 0 Å². The summed E-state index contributed by atoms with van der Waals surface area (Å²) in [6, 6.07) is 15.4. The SMILES string of the molecule is CC[C@H](NC(=O)C1CC1CNC(=O)OCC1c2ccccc2-c2ccccc21)C(=O)O. The molecule has 162 valence electrons. The Morgan fingerprint density at radius 1 is 1.06 bits per heavy atom. The summed E-state index contributed by atoms with van der Waals surface area (Å²) < 4.78 is 5.50. The van der Waals surface area contributed by atoms with Crippen LogP contribution < -0.4 is 10.6 Å². The predicted molar refractivity (Wildman–Crippen MR) is 115 cm³/mol. The first kappa shape index (κ1) is 20.9. The number of nitrogens with one attached hydrogen (secondary N) is 2. The fourth-order valence-electron chi connectivity index (χ4n) is 4.28. The number of amides is 2. The van der Waals surface area contributed by atoms with Crippen molar-refractivity contribution in [2.75, 3.05) is 13.2 Å². The lowest BCUT2D eigenvalue weighted by atomic mass is 9.98. The molecule has 0 heterocycles. The summed E-state index contributed by atoms with van der Waals surface area (Å²) in [5, 5.41) is 14.3. The van der Waals surface area contributed by atoms with Crippen molar-refractivity contribution in [2.24, 2.45) is 11.8 Å². The number of rotatable bonds is 8. The first-order valence-electron chi connectivity index (χ1n) is 10.6. The minimum atomic E-state index is -1.04. The Balaban J connectivity index is 1.26. The lowest BCUT2D eigenvalue weighted by Gasteiger charge is -2.15. The first-order valence-corrected chi connectivity index (χ1v) is 10.6. The van der Waals surface area contributed by atoms with E-state index in [2.05, 4.69) is 34.9 Å². The van der Waals surface area contributed by atoms with E-state index in [-0.39, 0.29) is 30.3 Å². The molecule has 0 aromatic heterocycles. The second-order valence-electron chi connectivity index (χ2n) is 8.12. The van der Waals surface area contributed by atoms with Gasteiger partial charge < -0.3 is 20.5 Å². The third-order valence-corrected chi connectivity index (χ3v) is 6.13. The average Bonchev–Trinajstić information content (AvgIpc) is 3.49. The summed E-state index contributed by atoms with van der Waals surface area (Å²) in [5.41, 5.74) is 4.65. The van der Waals surface area contributed by atoms with Gasteiger partial charge >= 0.3 is 12.1 Å². The topological polar surface area (TPSA) is 105 Å². The third-order valence-electron chi connectivity index (χ3n) is 6.13. The Morgan fingerprint density at radius 3 is 2.26 bits per heavy atom. The van der Waals surface area contributed by atoms with Crippen LogP contribution in [0, 0.1) is 11.8 Å². The molecule has 2 aromatic rings. The van der Waals surface area contributed by atoms with Crippen LogP contribution in [0.5, 0.6) is 0 Å². The Hall–Kier alpha value is -3.35. The third kappa shape index (κ3) is 4.40. The van der Waals surface area contributed by atoms with Gasteiger partial charge in [-0.25, -0.2) is 9.59 Å². The monoisotopic (exact) mass is 422 g/mol. The largest absolute Gasteiger partial charge is 0.480 e. The quantitative estimate of drug-likeness (QED) is 0.606. The smallest absolute Gasteiger partial charge is 0.407 e. The zero-order valence-electron chi connectivity index (χ0n) is 17.3. The van der Waals surface area contributed by atoms with Crippen LogP contribution >= 0.6 is 0 Å². The van der Waals surface area contributed by atoms with E-state index >= 15 is 0 Å². The normalized spacial score (nSPS) is 19.6. The van der Waals surface area contributed by atoms with Gasteiger partial charge in [0, 0.05) is 18.4 Å². The highest BCUT2D eigenvalue weighted by atomic mass is 16.5. The zero-order valence-corrected chi connectivity index (χ0v) is 17.3. The average molecular weight is 422 g/mol. The molecule has 3 atom stereocenters. The number of alkyl carbamates (subject to hydrolysis) is 1. The lowest BCUT2D eigenvalue weighted by molar-refractivity contribution is -0.142. The molecule has 2 unspecified atom stereocenters. The summed E-state index contributed by atoms with van der Waals surface area (Å²) >= 11 is 0. The number of carbonyl (C=O) groups is 3. The van der Waals surface area contributed by atoms with Crippen LogP contribution in [0.25, 0.3) is 11.1 Å². The van der Waals surface area contributed by atoms with Gasteiger partial charge in [0.1, 0.15) is 12.6 Å². The van der Waals surface area contributed by atoms with Gasteiger partial charge in [-0.2, -0.15) is 0 Å². The van der Waals surface area contributed by atoms with Gasteiger partial charge in [-0.05, 0) is 41.0 Å². The van der Waals surface area contributed by atoms with Crippen molar-refractivity contribution >= 4 is 18.0 Å². The molecule has 2 aliphatic carbocycles.